The number of ether oxygens (including phenoxy) is 1. The number of methoxy groups -OCH3 is 1. The fraction of sp³-hybridized carbons (Fsp3) is 0.300. The van der Waals surface area contributed by atoms with Gasteiger partial charge in [-0.25, -0.2) is 4.79 Å². The predicted molar refractivity (Wildman–Crippen MR) is 156 cm³/mol. The number of primary amides is 1. The number of nitrogens with two attached hydrogens (primary N) is 2. The lowest BCUT2D eigenvalue weighted by Gasteiger charge is -2.26. The molecule has 4 rings (SSSR count). The Bertz CT molecular complexity index is 1390. The van der Waals surface area contributed by atoms with E-state index in [1.165, 1.54) is 11.8 Å². The zero-order valence-electron chi connectivity index (χ0n) is 22.9. The van der Waals surface area contributed by atoms with Gasteiger partial charge in [-0.2, -0.15) is 0 Å². The van der Waals surface area contributed by atoms with E-state index in [4.69, 9.17) is 16.2 Å². The summed E-state index contributed by atoms with van der Waals surface area (Å²) in [7, 11) is 1.60. The number of carbonyl (C=O) groups is 3. The van der Waals surface area contributed by atoms with Gasteiger partial charge in [-0.1, -0.05) is 66.4 Å². The Hall–Kier alpha value is -4.02. The number of carbonyl (C=O) groups excluding carboxylic acids is 3. The van der Waals surface area contributed by atoms with Gasteiger partial charge in [-0.15, -0.1) is 0 Å². The number of urea groups is 1. The second-order valence-corrected chi connectivity index (χ2v) is 11.6. The summed E-state index contributed by atoms with van der Waals surface area (Å²) in [6.45, 7) is 4.63. The molecule has 9 nitrogen and oxygen atoms in total. The van der Waals surface area contributed by atoms with E-state index in [2.05, 4.69) is 10.6 Å². The Morgan fingerprint density at radius 2 is 1.82 bits per heavy atom. The lowest BCUT2D eigenvalue weighted by Crippen LogP contribution is -2.47. The van der Waals surface area contributed by atoms with Crippen LogP contribution >= 0.6 is 11.8 Å². The molecule has 0 unspecified atom stereocenters. The molecule has 0 saturated heterocycles. The minimum absolute atomic E-state index is 0.0974. The van der Waals surface area contributed by atoms with Gasteiger partial charge in [0.1, 0.15) is 5.75 Å². The SMILES string of the molecule is COc1ccc2c(c1)S[C@@H](NC(=O)CC(C)(C)N)C(=O)N(Cc1ccc(-c3ccccc3CNC(N)=O)cc1)C2. The molecule has 0 aliphatic carbocycles. The Kier molecular flexibility index (Phi) is 9.01. The van der Waals surface area contributed by atoms with Gasteiger partial charge in [-0.3, -0.25) is 9.59 Å². The number of benzene rings is 3. The summed E-state index contributed by atoms with van der Waals surface area (Å²) in [5.74, 6) is 0.219. The van der Waals surface area contributed by atoms with Crippen molar-refractivity contribution in [3.05, 3.63) is 83.4 Å². The van der Waals surface area contributed by atoms with E-state index in [0.717, 1.165) is 32.7 Å². The average Bonchev–Trinajstić information content (AvgIpc) is 3.02. The molecule has 0 radical (unpaired) electrons. The van der Waals surface area contributed by atoms with E-state index >= 15 is 0 Å². The topological polar surface area (TPSA) is 140 Å². The van der Waals surface area contributed by atoms with Crippen molar-refractivity contribution in [3.8, 4) is 16.9 Å². The number of nitrogens with zero attached hydrogens (tertiary/aromatic N) is 1. The maximum absolute atomic E-state index is 13.7. The molecule has 10 heteroatoms. The first-order chi connectivity index (χ1) is 19.0. The van der Waals surface area contributed by atoms with Crippen LogP contribution in [0.4, 0.5) is 4.79 Å². The minimum atomic E-state index is -0.799. The van der Waals surface area contributed by atoms with Gasteiger partial charge in [0.2, 0.25) is 5.91 Å². The summed E-state index contributed by atoms with van der Waals surface area (Å²) < 4.78 is 5.39. The van der Waals surface area contributed by atoms with Crippen molar-refractivity contribution < 1.29 is 19.1 Å². The van der Waals surface area contributed by atoms with Crippen LogP contribution in [0.25, 0.3) is 11.1 Å². The Balaban J connectivity index is 1.57. The van der Waals surface area contributed by atoms with E-state index in [1.54, 1.807) is 25.9 Å². The average molecular weight is 562 g/mol. The predicted octanol–water partition coefficient (Wildman–Crippen LogP) is 3.73. The van der Waals surface area contributed by atoms with Gasteiger partial charge in [0.05, 0.1) is 7.11 Å². The highest BCUT2D eigenvalue weighted by atomic mass is 32.2. The van der Waals surface area contributed by atoms with Gasteiger partial charge >= 0.3 is 6.03 Å². The van der Waals surface area contributed by atoms with E-state index in [9.17, 15) is 14.4 Å². The van der Waals surface area contributed by atoms with E-state index in [-0.39, 0.29) is 18.2 Å². The monoisotopic (exact) mass is 561 g/mol. The van der Waals surface area contributed by atoms with Gasteiger partial charge in [0.15, 0.2) is 5.37 Å². The van der Waals surface area contributed by atoms with Gasteiger partial charge < -0.3 is 31.7 Å². The second kappa shape index (κ2) is 12.4. The first kappa shape index (κ1) is 29.0. The van der Waals surface area contributed by atoms with Crippen molar-refractivity contribution in [2.75, 3.05) is 7.11 Å². The highest BCUT2D eigenvalue weighted by Crippen LogP contribution is 2.35. The summed E-state index contributed by atoms with van der Waals surface area (Å²) in [4.78, 5) is 40.3. The third kappa shape index (κ3) is 7.55. The molecule has 1 atom stereocenters. The minimum Gasteiger partial charge on any atom is -0.497 e. The molecule has 3 aromatic rings. The number of hydrogen-bond acceptors (Lipinski definition) is 6. The largest absolute Gasteiger partial charge is 0.497 e. The van der Waals surface area contributed by atoms with Crippen molar-refractivity contribution in [1.82, 2.24) is 15.5 Å². The molecular formula is C30H35N5O4S. The number of amides is 4. The molecule has 1 aliphatic heterocycles. The lowest BCUT2D eigenvalue weighted by molar-refractivity contribution is -0.135. The molecule has 210 valence electrons. The van der Waals surface area contributed by atoms with Crippen LogP contribution in [0, 0.1) is 0 Å². The quantitative estimate of drug-likeness (QED) is 0.314. The molecule has 40 heavy (non-hydrogen) atoms. The third-order valence-corrected chi connectivity index (χ3v) is 7.62. The smallest absolute Gasteiger partial charge is 0.312 e. The van der Waals surface area contributed by atoms with E-state index < -0.39 is 16.9 Å². The molecule has 0 bridgehead atoms. The van der Waals surface area contributed by atoms with Crippen LogP contribution in [0.2, 0.25) is 0 Å². The van der Waals surface area contributed by atoms with Gasteiger partial charge in [0.25, 0.3) is 5.91 Å². The molecular weight excluding hydrogens is 526 g/mol. The standard InChI is InChI=1S/C30H35N5O4S/c1-30(2,32)15-26(36)34-27-28(37)35(18-22-12-13-23(39-3)14-25(22)40-27)17-19-8-10-20(11-9-19)24-7-5-4-6-21(24)16-33-29(31)38/h4-14,27H,15-18,32H2,1-3H3,(H,34,36)(H3,31,33,38)/t27-/m1/s1. The normalized spacial score (nSPS) is 15.2. The zero-order chi connectivity index (χ0) is 28.9. The Morgan fingerprint density at radius 1 is 1.10 bits per heavy atom. The van der Waals surface area contributed by atoms with Crippen molar-refractivity contribution in [2.45, 2.75) is 55.7 Å². The number of thioether (sulfide) groups is 1. The van der Waals surface area contributed by atoms with Crippen LogP contribution in [0.5, 0.6) is 5.75 Å². The number of fused-ring (bicyclic) bond motifs is 1. The Morgan fingerprint density at radius 3 is 2.50 bits per heavy atom. The summed E-state index contributed by atoms with van der Waals surface area (Å²) in [6.07, 6.45) is 0.0974. The lowest BCUT2D eigenvalue weighted by atomic mass is 9.98. The highest BCUT2D eigenvalue weighted by Gasteiger charge is 2.32. The third-order valence-electron chi connectivity index (χ3n) is 6.43. The van der Waals surface area contributed by atoms with Crippen LogP contribution in [-0.4, -0.2) is 40.8 Å². The van der Waals surface area contributed by atoms with Crippen LogP contribution in [0.15, 0.2) is 71.6 Å². The van der Waals surface area contributed by atoms with Crippen molar-refractivity contribution >= 4 is 29.6 Å². The van der Waals surface area contributed by atoms with E-state index in [0.29, 0.717) is 25.4 Å². The first-order valence-corrected chi connectivity index (χ1v) is 13.8. The summed E-state index contributed by atoms with van der Waals surface area (Å²) >= 11 is 1.31. The van der Waals surface area contributed by atoms with Crippen LogP contribution in [0.1, 0.15) is 37.0 Å². The highest BCUT2D eigenvalue weighted by molar-refractivity contribution is 8.00. The maximum Gasteiger partial charge on any atom is 0.312 e. The fourth-order valence-electron chi connectivity index (χ4n) is 4.51. The summed E-state index contributed by atoms with van der Waals surface area (Å²) in [5.41, 5.74) is 15.4. The number of hydrogen-bond donors (Lipinski definition) is 4. The summed E-state index contributed by atoms with van der Waals surface area (Å²) in [5, 5.41) is 4.73. The van der Waals surface area contributed by atoms with Crippen LogP contribution in [0.3, 0.4) is 0 Å². The molecule has 0 aromatic heterocycles. The first-order valence-electron chi connectivity index (χ1n) is 12.9. The zero-order valence-corrected chi connectivity index (χ0v) is 23.7. The maximum atomic E-state index is 13.7. The molecule has 0 fully saturated rings. The van der Waals surface area contributed by atoms with Gasteiger partial charge in [-0.05, 0) is 53.8 Å². The van der Waals surface area contributed by atoms with Crippen molar-refractivity contribution in [3.63, 3.8) is 0 Å². The Labute approximate surface area is 238 Å². The molecule has 3 aromatic carbocycles. The molecule has 0 spiro atoms. The number of nitrogens with one attached hydrogen (secondary N) is 2. The molecule has 1 heterocycles. The van der Waals surface area contributed by atoms with Crippen LogP contribution in [-0.2, 0) is 29.2 Å². The summed E-state index contributed by atoms with van der Waals surface area (Å²) in [6, 6.07) is 20.9. The number of rotatable bonds is 9. The van der Waals surface area contributed by atoms with Crippen LogP contribution < -0.4 is 26.8 Å². The second-order valence-electron chi connectivity index (χ2n) is 10.5. The van der Waals surface area contributed by atoms with Crippen molar-refractivity contribution in [2.24, 2.45) is 11.5 Å². The van der Waals surface area contributed by atoms with Crippen molar-refractivity contribution in [1.29, 1.82) is 0 Å². The van der Waals surface area contributed by atoms with Gasteiger partial charge in [0, 0.05) is 36.5 Å². The molecule has 1 aliphatic rings. The molecule has 4 amide bonds. The van der Waals surface area contributed by atoms with E-state index in [1.807, 2.05) is 66.7 Å². The molecule has 0 saturated carbocycles. The molecule has 6 N–H and O–H groups in total. The fourth-order valence-corrected chi connectivity index (χ4v) is 5.68.